The van der Waals surface area contributed by atoms with Gasteiger partial charge in [0.2, 0.25) is 0 Å². The summed E-state index contributed by atoms with van der Waals surface area (Å²) in [7, 11) is 0. The van der Waals surface area contributed by atoms with Gasteiger partial charge in [0.15, 0.2) is 6.61 Å². The van der Waals surface area contributed by atoms with Crippen LogP contribution in [0, 0.1) is 0 Å². The zero-order chi connectivity index (χ0) is 17.5. The lowest BCUT2D eigenvalue weighted by Crippen LogP contribution is -2.51. The Kier molecular flexibility index (Phi) is 5.64. The summed E-state index contributed by atoms with van der Waals surface area (Å²) in [6.07, 6.45) is -0.251. The normalized spacial score (nSPS) is 17.2. The number of nitrogens with zero attached hydrogens (tertiary/aromatic N) is 1. The van der Waals surface area contributed by atoms with Gasteiger partial charge in [-0.05, 0) is 24.3 Å². The lowest BCUT2D eigenvalue weighted by Gasteiger charge is -2.32. The Balaban J connectivity index is 1.46. The lowest BCUT2D eigenvalue weighted by molar-refractivity contribution is -0.130. The van der Waals surface area contributed by atoms with Crippen LogP contribution in [0.15, 0.2) is 60.7 Å². The monoisotopic (exact) mass is 340 g/mol. The van der Waals surface area contributed by atoms with Crippen molar-refractivity contribution in [2.45, 2.75) is 6.10 Å². The predicted molar refractivity (Wildman–Crippen MR) is 93.5 cm³/mol. The van der Waals surface area contributed by atoms with E-state index in [-0.39, 0.29) is 31.1 Å². The molecule has 1 N–H and O–H groups in total. The highest BCUT2D eigenvalue weighted by Gasteiger charge is 2.27. The van der Waals surface area contributed by atoms with Crippen LogP contribution in [0.2, 0.25) is 0 Å². The smallest absolute Gasteiger partial charge is 0.258 e. The molecule has 1 saturated heterocycles. The van der Waals surface area contributed by atoms with Gasteiger partial charge in [0, 0.05) is 12.2 Å². The number of ether oxygens (including phenoxy) is 2. The van der Waals surface area contributed by atoms with Crippen molar-refractivity contribution in [1.82, 2.24) is 5.32 Å². The van der Waals surface area contributed by atoms with E-state index in [4.69, 9.17) is 9.47 Å². The Morgan fingerprint density at radius 3 is 2.52 bits per heavy atom. The molecular weight excluding hydrogens is 320 g/mol. The number of carbonyl (C=O) groups excluding carboxylic acids is 2. The van der Waals surface area contributed by atoms with Crippen molar-refractivity contribution in [1.29, 1.82) is 0 Å². The molecule has 1 fully saturated rings. The molecular formula is C19H20N2O4. The lowest BCUT2D eigenvalue weighted by atomic mass is 10.2. The van der Waals surface area contributed by atoms with E-state index in [0.717, 1.165) is 5.69 Å². The summed E-state index contributed by atoms with van der Waals surface area (Å²) in [5.41, 5.74) is 0.833. The molecule has 130 valence electrons. The molecule has 0 saturated carbocycles. The Bertz CT molecular complexity index is 706. The number of carbonyl (C=O) groups is 2. The van der Waals surface area contributed by atoms with Crippen LogP contribution in [0.4, 0.5) is 5.69 Å². The zero-order valence-corrected chi connectivity index (χ0v) is 13.8. The summed E-state index contributed by atoms with van der Waals surface area (Å²) in [4.78, 5) is 25.6. The van der Waals surface area contributed by atoms with Gasteiger partial charge in [0.05, 0.1) is 12.6 Å². The first-order valence-electron chi connectivity index (χ1n) is 8.14. The van der Waals surface area contributed by atoms with E-state index in [2.05, 4.69) is 5.32 Å². The van der Waals surface area contributed by atoms with Gasteiger partial charge in [0.25, 0.3) is 11.8 Å². The Morgan fingerprint density at radius 2 is 1.80 bits per heavy atom. The van der Waals surface area contributed by atoms with Crippen LogP contribution in [0.1, 0.15) is 0 Å². The fourth-order valence-electron chi connectivity index (χ4n) is 2.55. The summed E-state index contributed by atoms with van der Waals surface area (Å²) in [5, 5.41) is 2.78. The first-order valence-corrected chi connectivity index (χ1v) is 8.14. The van der Waals surface area contributed by atoms with E-state index in [1.165, 1.54) is 0 Å². The number of hydrogen-bond donors (Lipinski definition) is 1. The van der Waals surface area contributed by atoms with Gasteiger partial charge in [0.1, 0.15) is 12.4 Å². The minimum atomic E-state index is -0.251. The summed E-state index contributed by atoms with van der Waals surface area (Å²) in [6, 6.07) is 18.6. The Morgan fingerprint density at radius 1 is 1.12 bits per heavy atom. The molecule has 2 amide bonds. The second kappa shape index (κ2) is 8.30. The number of rotatable bonds is 6. The number of nitrogens with one attached hydrogen (secondary N) is 1. The molecule has 0 radical (unpaired) electrons. The molecule has 1 unspecified atom stereocenters. The Hall–Kier alpha value is -2.86. The second-order valence-electron chi connectivity index (χ2n) is 5.68. The minimum Gasteiger partial charge on any atom is -0.484 e. The molecule has 0 aromatic heterocycles. The molecule has 1 atom stereocenters. The average molecular weight is 340 g/mol. The van der Waals surface area contributed by atoms with Gasteiger partial charge in [-0.3, -0.25) is 9.59 Å². The minimum absolute atomic E-state index is 0.00987. The van der Waals surface area contributed by atoms with Crippen molar-refractivity contribution in [2.24, 2.45) is 0 Å². The zero-order valence-electron chi connectivity index (χ0n) is 13.8. The van der Waals surface area contributed by atoms with Crippen molar-refractivity contribution < 1.29 is 19.1 Å². The van der Waals surface area contributed by atoms with Crippen molar-refractivity contribution >= 4 is 17.5 Å². The van der Waals surface area contributed by atoms with Crippen LogP contribution < -0.4 is 15.0 Å². The number of morpholine rings is 1. The number of benzene rings is 2. The molecule has 2 aromatic rings. The summed E-state index contributed by atoms with van der Waals surface area (Å²) >= 11 is 0. The van der Waals surface area contributed by atoms with Gasteiger partial charge < -0.3 is 19.7 Å². The van der Waals surface area contributed by atoms with Crippen LogP contribution in [0.5, 0.6) is 5.75 Å². The van der Waals surface area contributed by atoms with Crippen LogP contribution in [0.3, 0.4) is 0 Å². The van der Waals surface area contributed by atoms with E-state index in [9.17, 15) is 9.59 Å². The Labute approximate surface area is 146 Å². The molecule has 6 heteroatoms. The number of amides is 2. The fourth-order valence-corrected chi connectivity index (χ4v) is 2.55. The largest absolute Gasteiger partial charge is 0.484 e. The van der Waals surface area contributed by atoms with Crippen LogP contribution >= 0.6 is 0 Å². The first kappa shape index (κ1) is 17.0. The van der Waals surface area contributed by atoms with Crippen molar-refractivity contribution in [3.05, 3.63) is 60.7 Å². The molecule has 3 rings (SSSR count). The van der Waals surface area contributed by atoms with E-state index < -0.39 is 0 Å². The van der Waals surface area contributed by atoms with Gasteiger partial charge in [-0.15, -0.1) is 0 Å². The maximum Gasteiger partial charge on any atom is 0.258 e. The van der Waals surface area contributed by atoms with Gasteiger partial charge in [-0.25, -0.2) is 0 Å². The predicted octanol–water partition coefficient (Wildman–Crippen LogP) is 1.61. The van der Waals surface area contributed by atoms with E-state index in [0.29, 0.717) is 18.8 Å². The van der Waals surface area contributed by atoms with Crippen molar-refractivity contribution in [3.63, 3.8) is 0 Å². The summed E-state index contributed by atoms with van der Waals surface area (Å²) in [5.74, 6) is 0.337. The van der Waals surface area contributed by atoms with Crippen molar-refractivity contribution in [2.75, 3.05) is 31.2 Å². The van der Waals surface area contributed by atoms with Crippen LogP contribution in [-0.4, -0.2) is 44.2 Å². The van der Waals surface area contributed by atoms with Crippen molar-refractivity contribution in [3.8, 4) is 5.75 Å². The third-order valence-electron chi connectivity index (χ3n) is 3.84. The molecule has 0 bridgehead atoms. The highest BCUT2D eigenvalue weighted by molar-refractivity contribution is 5.95. The third-order valence-corrected chi connectivity index (χ3v) is 3.84. The molecule has 6 nitrogen and oxygen atoms in total. The first-order chi connectivity index (χ1) is 12.2. The van der Waals surface area contributed by atoms with Crippen LogP contribution in [0.25, 0.3) is 0 Å². The molecule has 2 aromatic carbocycles. The highest BCUT2D eigenvalue weighted by atomic mass is 16.5. The van der Waals surface area contributed by atoms with Gasteiger partial charge in [-0.1, -0.05) is 36.4 Å². The molecule has 1 aliphatic heterocycles. The van der Waals surface area contributed by atoms with E-state index in [1.807, 2.05) is 48.5 Å². The van der Waals surface area contributed by atoms with E-state index in [1.54, 1.807) is 17.0 Å². The van der Waals surface area contributed by atoms with Gasteiger partial charge >= 0.3 is 0 Å². The second-order valence-corrected chi connectivity index (χ2v) is 5.68. The van der Waals surface area contributed by atoms with Gasteiger partial charge in [-0.2, -0.15) is 0 Å². The average Bonchev–Trinajstić information content (AvgIpc) is 2.67. The van der Waals surface area contributed by atoms with E-state index >= 15 is 0 Å². The third kappa shape index (κ3) is 4.81. The fraction of sp³-hybridized carbons (Fsp3) is 0.263. The SMILES string of the molecule is O=C(COc1ccccc1)NCC1CN(c2ccccc2)C(=O)CO1. The molecule has 1 aliphatic rings. The molecule has 0 spiro atoms. The molecule has 25 heavy (non-hydrogen) atoms. The maximum atomic E-state index is 12.0. The standard InChI is InChI=1S/C19H20N2O4/c22-18(13-24-16-9-5-2-6-10-16)20-11-17-12-21(19(23)14-25-17)15-7-3-1-4-8-15/h1-10,17H,11-14H2,(H,20,22). The number of para-hydroxylation sites is 2. The number of anilines is 1. The quantitative estimate of drug-likeness (QED) is 0.868. The highest BCUT2D eigenvalue weighted by Crippen LogP contribution is 2.17. The van der Waals surface area contributed by atoms with Crippen LogP contribution in [-0.2, 0) is 14.3 Å². The summed E-state index contributed by atoms with van der Waals surface area (Å²) < 4.78 is 10.9. The molecule has 0 aliphatic carbocycles. The maximum absolute atomic E-state index is 12.0. The summed E-state index contributed by atoms with van der Waals surface area (Å²) in [6.45, 7) is 0.685. The number of hydrogen-bond acceptors (Lipinski definition) is 4. The molecule has 1 heterocycles. The topological polar surface area (TPSA) is 67.9 Å².